The average molecular weight is 331 g/mol. The van der Waals surface area contributed by atoms with E-state index in [4.69, 9.17) is 0 Å². The molecule has 0 saturated carbocycles. The topological polar surface area (TPSA) is 83.3 Å². The van der Waals surface area contributed by atoms with E-state index in [1.165, 1.54) is 4.90 Å². The van der Waals surface area contributed by atoms with Gasteiger partial charge < -0.3 is 15.3 Å². The van der Waals surface area contributed by atoms with E-state index in [1.807, 2.05) is 32.0 Å². The molecule has 0 aromatic carbocycles. The molecule has 0 atom stereocenters. The highest BCUT2D eigenvalue weighted by atomic mass is 16.3. The van der Waals surface area contributed by atoms with Crippen LogP contribution in [0.3, 0.4) is 0 Å². The molecular weight excluding hydrogens is 306 g/mol. The average Bonchev–Trinajstić information content (AvgIpc) is 2.82. The summed E-state index contributed by atoms with van der Waals surface area (Å²) in [6.45, 7) is 7.88. The van der Waals surface area contributed by atoms with E-state index >= 15 is 0 Å². The number of aliphatic hydroxyl groups is 1. The largest absolute Gasteiger partial charge is 0.389 e. The minimum Gasteiger partial charge on any atom is -0.389 e. The normalized spacial score (nSPS) is 11.4. The maximum Gasteiger partial charge on any atom is 0.317 e. The number of carbonyl (C=O) groups excluding carboxylic acids is 1. The van der Waals surface area contributed by atoms with Crippen molar-refractivity contribution in [3.8, 4) is 5.82 Å². The van der Waals surface area contributed by atoms with Crippen LogP contribution in [-0.2, 0) is 6.54 Å². The van der Waals surface area contributed by atoms with Crippen LogP contribution in [0.4, 0.5) is 4.79 Å². The van der Waals surface area contributed by atoms with Crippen molar-refractivity contribution in [1.29, 1.82) is 0 Å². The predicted octanol–water partition coefficient (Wildman–Crippen LogP) is 1.80. The Morgan fingerprint density at radius 2 is 2.08 bits per heavy atom. The van der Waals surface area contributed by atoms with Crippen LogP contribution in [0.15, 0.2) is 24.4 Å². The molecule has 2 heterocycles. The number of aryl methyl sites for hydroxylation is 2. The smallest absolute Gasteiger partial charge is 0.317 e. The number of rotatable bonds is 5. The van der Waals surface area contributed by atoms with Crippen molar-refractivity contribution in [3.05, 3.63) is 41.3 Å². The second-order valence-corrected chi connectivity index (χ2v) is 6.69. The summed E-state index contributed by atoms with van der Waals surface area (Å²) in [5.41, 5.74) is 1.94. The van der Waals surface area contributed by atoms with Crippen molar-refractivity contribution in [1.82, 2.24) is 25.0 Å². The summed E-state index contributed by atoms with van der Waals surface area (Å²) in [6, 6.07) is 5.55. The fourth-order valence-electron chi connectivity index (χ4n) is 2.47. The summed E-state index contributed by atoms with van der Waals surface area (Å²) < 4.78 is 1.79. The van der Waals surface area contributed by atoms with Gasteiger partial charge in [-0.15, -0.1) is 0 Å². The summed E-state index contributed by atoms with van der Waals surface area (Å²) in [7, 11) is 1.65. The number of carbonyl (C=O) groups is 1. The van der Waals surface area contributed by atoms with Crippen LogP contribution in [0.5, 0.6) is 0 Å². The summed E-state index contributed by atoms with van der Waals surface area (Å²) in [6.07, 6.45) is 1.72. The molecule has 2 amide bonds. The second-order valence-electron chi connectivity index (χ2n) is 6.69. The fraction of sp³-hybridized carbons (Fsp3) is 0.471. The van der Waals surface area contributed by atoms with Gasteiger partial charge in [0.25, 0.3) is 0 Å². The van der Waals surface area contributed by atoms with E-state index in [2.05, 4.69) is 15.4 Å². The van der Waals surface area contributed by atoms with Gasteiger partial charge in [0.2, 0.25) is 0 Å². The van der Waals surface area contributed by atoms with Gasteiger partial charge in [0, 0.05) is 25.5 Å². The Morgan fingerprint density at radius 3 is 2.58 bits per heavy atom. The Kier molecular flexibility index (Phi) is 5.23. The van der Waals surface area contributed by atoms with Crippen molar-refractivity contribution >= 4 is 6.03 Å². The number of urea groups is 1. The van der Waals surface area contributed by atoms with E-state index in [0.29, 0.717) is 6.54 Å². The first-order valence-electron chi connectivity index (χ1n) is 7.85. The van der Waals surface area contributed by atoms with Crippen LogP contribution in [0, 0.1) is 13.8 Å². The molecule has 0 unspecified atom stereocenters. The van der Waals surface area contributed by atoms with E-state index in [-0.39, 0.29) is 12.6 Å². The maximum atomic E-state index is 12.0. The number of hydrogen-bond donors (Lipinski definition) is 2. The van der Waals surface area contributed by atoms with Crippen LogP contribution in [0.1, 0.15) is 30.8 Å². The second kappa shape index (κ2) is 7.00. The molecule has 2 N–H and O–H groups in total. The lowest BCUT2D eigenvalue weighted by Crippen LogP contribution is -2.44. The monoisotopic (exact) mass is 331 g/mol. The molecule has 2 rings (SSSR count). The Bertz CT molecular complexity index is 701. The number of nitrogens with one attached hydrogen (secondary N) is 1. The molecule has 2 aromatic heterocycles. The molecule has 2 aromatic rings. The van der Waals surface area contributed by atoms with Gasteiger partial charge in [-0.3, -0.25) is 0 Å². The molecule has 7 heteroatoms. The van der Waals surface area contributed by atoms with Gasteiger partial charge in [-0.05, 0) is 45.4 Å². The van der Waals surface area contributed by atoms with E-state index in [1.54, 1.807) is 31.8 Å². The Balaban J connectivity index is 1.95. The van der Waals surface area contributed by atoms with E-state index in [9.17, 15) is 9.90 Å². The number of pyridine rings is 1. The highest BCUT2D eigenvalue weighted by Crippen LogP contribution is 2.10. The lowest BCUT2D eigenvalue weighted by atomic mass is 10.1. The van der Waals surface area contributed by atoms with Gasteiger partial charge in [0.15, 0.2) is 5.82 Å². The number of nitrogens with zero attached hydrogens (tertiary/aromatic N) is 4. The first-order valence-corrected chi connectivity index (χ1v) is 7.85. The summed E-state index contributed by atoms with van der Waals surface area (Å²) in [5, 5.41) is 17.0. The number of hydrogen-bond acceptors (Lipinski definition) is 4. The molecule has 0 spiro atoms. The van der Waals surface area contributed by atoms with Gasteiger partial charge in [-0.25, -0.2) is 14.5 Å². The quantitative estimate of drug-likeness (QED) is 0.875. The minimum atomic E-state index is -0.922. The van der Waals surface area contributed by atoms with E-state index in [0.717, 1.165) is 22.8 Å². The summed E-state index contributed by atoms with van der Waals surface area (Å²) in [4.78, 5) is 17.9. The van der Waals surface area contributed by atoms with Gasteiger partial charge >= 0.3 is 6.03 Å². The van der Waals surface area contributed by atoms with Crippen molar-refractivity contribution in [2.75, 3.05) is 13.6 Å². The summed E-state index contributed by atoms with van der Waals surface area (Å²) >= 11 is 0. The first kappa shape index (κ1) is 17.9. The van der Waals surface area contributed by atoms with Crippen LogP contribution in [0.2, 0.25) is 0 Å². The molecule has 0 aliphatic carbocycles. The number of amides is 2. The Morgan fingerprint density at radius 1 is 1.38 bits per heavy atom. The molecule has 7 nitrogen and oxygen atoms in total. The summed E-state index contributed by atoms with van der Waals surface area (Å²) in [5.74, 6) is 0.745. The van der Waals surface area contributed by atoms with Gasteiger partial charge in [-0.2, -0.15) is 5.10 Å². The Labute approximate surface area is 142 Å². The molecule has 130 valence electrons. The predicted molar refractivity (Wildman–Crippen MR) is 92.0 cm³/mol. The third-order valence-corrected chi connectivity index (χ3v) is 3.45. The number of aromatic nitrogens is 3. The molecule has 0 radical (unpaired) electrons. The zero-order valence-electron chi connectivity index (χ0n) is 14.9. The number of likely N-dealkylation sites (N-methyl/N-ethyl adjacent to an activating group) is 1. The van der Waals surface area contributed by atoms with Crippen LogP contribution in [-0.4, -0.2) is 50.0 Å². The minimum absolute atomic E-state index is 0.236. The highest BCUT2D eigenvalue weighted by molar-refractivity contribution is 5.73. The van der Waals surface area contributed by atoms with Gasteiger partial charge in [0.1, 0.15) is 0 Å². The van der Waals surface area contributed by atoms with Crippen molar-refractivity contribution in [2.24, 2.45) is 0 Å². The molecule has 24 heavy (non-hydrogen) atoms. The molecule has 0 fully saturated rings. The standard InChI is InChI=1S/C17H25N5O2/c1-12-8-13(2)22(20-12)15-7-6-14(9-18-15)10-19-16(23)21(5)11-17(3,4)24/h6-9,24H,10-11H2,1-5H3,(H,19,23). The van der Waals surface area contributed by atoms with Crippen molar-refractivity contribution in [2.45, 2.75) is 39.8 Å². The Hall–Kier alpha value is -2.41. The van der Waals surface area contributed by atoms with Crippen LogP contribution >= 0.6 is 0 Å². The third-order valence-electron chi connectivity index (χ3n) is 3.45. The SMILES string of the molecule is Cc1cc(C)n(-c2ccc(CNC(=O)N(C)CC(C)(C)O)cn2)n1. The first-order chi connectivity index (χ1) is 11.2. The molecule has 0 saturated heterocycles. The maximum absolute atomic E-state index is 12.0. The van der Waals surface area contributed by atoms with Crippen molar-refractivity contribution in [3.63, 3.8) is 0 Å². The lowest BCUT2D eigenvalue weighted by molar-refractivity contribution is 0.0531. The van der Waals surface area contributed by atoms with Gasteiger partial charge in [0.05, 0.1) is 17.8 Å². The van der Waals surface area contributed by atoms with Crippen LogP contribution in [0.25, 0.3) is 5.82 Å². The lowest BCUT2D eigenvalue weighted by Gasteiger charge is -2.25. The highest BCUT2D eigenvalue weighted by Gasteiger charge is 2.19. The zero-order chi connectivity index (χ0) is 17.9. The third kappa shape index (κ3) is 4.79. The molecule has 0 aliphatic rings. The molecule has 0 bridgehead atoms. The van der Waals surface area contributed by atoms with Gasteiger partial charge in [-0.1, -0.05) is 6.07 Å². The molecular formula is C17H25N5O2. The van der Waals surface area contributed by atoms with E-state index < -0.39 is 5.60 Å². The van der Waals surface area contributed by atoms with Crippen LogP contribution < -0.4 is 5.32 Å². The zero-order valence-corrected chi connectivity index (χ0v) is 14.9. The van der Waals surface area contributed by atoms with Crippen molar-refractivity contribution < 1.29 is 9.90 Å². The molecule has 0 aliphatic heterocycles. The fourth-order valence-corrected chi connectivity index (χ4v) is 2.47.